The summed E-state index contributed by atoms with van der Waals surface area (Å²) in [7, 11) is 0. The minimum Gasteiger partial charge on any atom is -0.491 e. The number of unbranched alkanes of at least 4 members (excludes halogenated alkanes) is 1. The van der Waals surface area contributed by atoms with Gasteiger partial charge < -0.3 is 19.5 Å². The summed E-state index contributed by atoms with van der Waals surface area (Å²) in [6, 6.07) is 9.95. The monoisotopic (exact) mass is 452 g/mol. The maximum atomic E-state index is 11.7. The summed E-state index contributed by atoms with van der Waals surface area (Å²) in [4.78, 5) is 18.8. The molecule has 0 atom stereocenters. The maximum Gasteiger partial charge on any atom is 0.331 e. The van der Waals surface area contributed by atoms with E-state index < -0.39 is 5.97 Å². The van der Waals surface area contributed by atoms with Crippen molar-refractivity contribution in [1.82, 2.24) is 4.98 Å². The first-order valence-electron chi connectivity index (χ1n) is 12.0. The van der Waals surface area contributed by atoms with E-state index in [1.807, 2.05) is 36.5 Å². The lowest BCUT2D eigenvalue weighted by molar-refractivity contribution is -0.132. The van der Waals surface area contributed by atoms with Gasteiger partial charge in [-0.2, -0.15) is 0 Å². The largest absolute Gasteiger partial charge is 0.491 e. The van der Waals surface area contributed by atoms with Crippen LogP contribution in [0.25, 0.3) is 17.2 Å². The summed E-state index contributed by atoms with van der Waals surface area (Å²) in [5.74, 6) is 1.29. The summed E-state index contributed by atoms with van der Waals surface area (Å²) >= 11 is 0. The Bertz CT molecular complexity index is 938. The fourth-order valence-electron chi connectivity index (χ4n) is 3.93. The number of aromatic nitrogens is 1. The van der Waals surface area contributed by atoms with E-state index in [1.165, 1.54) is 0 Å². The van der Waals surface area contributed by atoms with Crippen molar-refractivity contribution < 1.29 is 19.4 Å². The van der Waals surface area contributed by atoms with E-state index in [0.29, 0.717) is 31.1 Å². The van der Waals surface area contributed by atoms with Crippen molar-refractivity contribution >= 4 is 17.9 Å². The van der Waals surface area contributed by atoms with Crippen LogP contribution in [0.1, 0.15) is 52.0 Å². The van der Waals surface area contributed by atoms with Crippen molar-refractivity contribution in [1.29, 1.82) is 0 Å². The summed E-state index contributed by atoms with van der Waals surface area (Å²) < 4.78 is 11.3. The highest BCUT2D eigenvalue weighted by molar-refractivity contribution is 5.93. The molecule has 2 heterocycles. The van der Waals surface area contributed by atoms with Gasteiger partial charge in [-0.3, -0.25) is 0 Å². The fraction of sp³-hybridized carbons (Fsp3) is 0.481. The normalized spacial score (nSPS) is 15.4. The van der Waals surface area contributed by atoms with Crippen LogP contribution in [0.5, 0.6) is 5.75 Å². The predicted molar refractivity (Wildman–Crippen MR) is 133 cm³/mol. The van der Waals surface area contributed by atoms with Crippen molar-refractivity contribution in [3.05, 3.63) is 47.7 Å². The second-order valence-corrected chi connectivity index (χ2v) is 8.89. The average molecular weight is 453 g/mol. The molecule has 0 saturated carbocycles. The molecule has 0 aliphatic carbocycles. The lowest BCUT2D eigenvalue weighted by Gasteiger charge is -2.29. The number of nitrogens with zero attached hydrogens (tertiary/aromatic N) is 2. The van der Waals surface area contributed by atoms with Gasteiger partial charge in [0.2, 0.25) is 0 Å². The number of anilines is 1. The molecule has 0 unspecified atom stereocenters. The lowest BCUT2D eigenvalue weighted by Crippen LogP contribution is -2.31. The van der Waals surface area contributed by atoms with E-state index in [9.17, 15) is 9.90 Å². The zero-order valence-electron chi connectivity index (χ0n) is 20.0. The van der Waals surface area contributed by atoms with Gasteiger partial charge >= 0.3 is 5.97 Å². The number of fused-ring (bicyclic) bond motifs is 1. The maximum absolute atomic E-state index is 11.7. The topological polar surface area (TPSA) is 71.9 Å². The Kier molecular flexibility index (Phi) is 9.31. The second-order valence-electron chi connectivity index (χ2n) is 8.89. The molecular weight excluding hydrogens is 416 g/mol. The molecule has 178 valence electrons. The lowest BCUT2D eigenvalue weighted by atomic mass is 10.00. The first kappa shape index (κ1) is 24.8. The van der Waals surface area contributed by atoms with Crippen molar-refractivity contribution in [2.45, 2.75) is 46.5 Å². The number of carboxylic acid groups (broad SMARTS) is 1. The molecular formula is C27H36N2O4. The third kappa shape index (κ3) is 7.32. The van der Waals surface area contributed by atoms with Gasteiger partial charge in [0.05, 0.1) is 6.61 Å². The predicted octanol–water partition coefficient (Wildman–Crippen LogP) is 5.67. The number of rotatable bonds is 11. The number of carboxylic acids is 1. The molecule has 0 radical (unpaired) electrons. The first-order chi connectivity index (χ1) is 16.0. The molecule has 1 aromatic carbocycles. The molecule has 0 fully saturated rings. The van der Waals surface area contributed by atoms with Crippen molar-refractivity contribution in [3.63, 3.8) is 0 Å². The zero-order chi connectivity index (χ0) is 23.6. The molecule has 6 nitrogen and oxygen atoms in total. The Labute approximate surface area is 197 Å². The van der Waals surface area contributed by atoms with Crippen molar-refractivity contribution in [2.75, 3.05) is 37.8 Å². The van der Waals surface area contributed by atoms with E-state index >= 15 is 0 Å². The van der Waals surface area contributed by atoms with Crippen LogP contribution in [0.4, 0.5) is 5.82 Å². The molecule has 2 aromatic rings. The van der Waals surface area contributed by atoms with Crippen LogP contribution < -0.4 is 9.64 Å². The van der Waals surface area contributed by atoms with Gasteiger partial charge in [0.25, 0.3) is 0 Å². The summed E-state index contributed by atoms with van der Waals surface area (Å²) in [5, 5.41) is 9.61. The van der Waals surface area contributed by atoms with Crippen LogP contribution in [0, 0.1) is 5.92 Å². The summed E-state index contributed by atoms with van der Waals surface area (Å²) in [6.07, 6.45) is 7.22. The highest BCUT2D eigenvalue weighted by atomic mass is 16.5. The van der Waals surface area contributed by atoms with Crippen LogP contribution in [0.15, 0.2) is 42.1 Å². The van der Waals surface area contributed by atoms with E-state index in [0.717, 1.165) is 67.2 Å². The highest BCUT2D eigenvalue weighted by Crippen LogP contribution is 2.31. The van der Waals surface area contributed by atoms with Gasteiger partial charge in [-0.1, -0.05) is 39.3 Å². The number of benzene rings is 1. The van der Waals surface area contributed by atoms with Gasteiger partial charge in [-0.15, -0.1) is 0 Å². The molecule has 1 N–H and O–H groups in total. The highest BCUT2D eigenvalue weighted by Gasteiger charge is 2.19. The number of carbonyl (C=O) groups is 1. The number of ether oxygens (including phenoxy) is 2. The third-order valence-corrected chi connectivity index (χ3v) is 5.59. The summed E-state index contributed by atoms with van der Waals surface area (Å²) in [6.45, 7) is 10.1. The first-order valence-corrected chi connectivity index (χ1v) is 12.0. The molecule has 1 aliphatic heterocycles. The SMILES string of the molecule is CCCCOCCOc1ccc(-c2cnc3c(c2)/C=C(/C(=O)O)CCCN3CC(C)C)cc1. The molecule has 33 heavy (non-hydrogen) atoms. The van der Waals surface area contributed by atoms with Gasteiger partial charge in [0, 0.05) is 42.6 Å². The van der Waals surface area contributed by atoms with Gasteiger partial charge in [-0.05, 0) is 55.0 Å². The fourth-order valence-corrected chi connectivity index (χ4v) is 3.93. The molecule has 0 spiro atoms. The Morgan fingerprint density at radius 1 is 1.15 bits per heavy atom. The smallest absolute Gasteiger partial charge is 0.331 e. The Hall–Kier alpha value is -2.86. The van der Waals surface area contributed by atoms with E-state index in [1.54, 1.807) is 6.08 Å². The minimum atomic E-state index is -0.858. The molecule has 1 aromatic heterocycles. The average Bonchev–Trinajstić information content (AvgIpc) is 2.78. The third-order valence-electron chi connectivity index (χ3n) is 5.59. The standard InChI is InChI=1S/C27H36N2O4/c1-4-5-13-32-14-15-33-25-10-8-21(9-11-25)24-17-23-16-22(27(30)31)7-6-12-29(19-20(2)3)26(23)28-18-24/h8-11,16-18,20H,4-7,12-15,19H2,1-3H3,(H,30,31)/b22-16+. The molecule has 0 amide bonds. The van der Waals surface area contributed by atoms with E-state index in [-0.39, 0.29) is 0 Å². The van der Waals surface area contributed by atoms with Crippen molar-refractivity contribution in [2.24, 2.45) is 5.92 Å². The number of hydrogen-bond donors (Lipinski definition) is 1. The second kappa shape index (κ2) is 12.4. The Balaban J connectivity index is 1.78. The van der Waals surface area contributed by atoms with E-state index in [4.69, 9.17) is 14.5 Å². The Morgan fingerprint density at radius 2 is 1.94 bits per heavy atom. The van der Waals surface area contributed by atoms with Crippen molar-refractivity contribution in [3.8, 4) is 16.9 Å². The van der Waals surface area contributed by atoms with E-state index in [2.05, 4.69) is 25.7 Å². The minimum absolute atomic E-state index is 0.435. The van der Waals surface area contributed by atoms with Crippen LogP contribution in [-0.2, 0) is 9.53 Å². The van der Waals surface area contributed by atoms with Gasteiger partial charge in [0.15, 0.2) is 0 Å². The molecule has 1 aliphatic rings. The molecule has 0 saturated heterocycles. The van der Waals surface area contributed by atoms with Gasteiger partial charge in [-0.25, -0.2) is 9.78 Å². The number of aliphatic carboxylic acids is 1. The number of hydrogen-bond acceptors (Lipinski definition) is 5. The molecule has 0 bridgehead atoms. The molecule has 3 rings (SSSR count). The summed E-state index contributed by atoms with van der Waals surface area (Å²) in [5.41, 5.74) is 3.26. The van der Waals surface area contributed by atoms with Crippen LogP contribution in [0.3, 0.4) is 0 Å². The van der Waals surface area contributed by atoms with Crippen LogP contribution in [0.2, 0.25) is 0 Å². The van der Waals surface area contributed by atoms with Crippen LogP contribution in [-0.4, -0.2) is 49.0 Å². The number of pyridine rings is 1. The Morgan fingerprint density at radius 3 is 2.64 bits per heavy atom. The van der Waals surface area contributed by atoms with Gasteiger partial charge in [0.1, 0.15) is 18.2 Å². The van der Waals surface area contributed by atoms with Crippen LogP contribution >= 0.6 is 0 Å². The molecule has 6 heteroatoms. The zero-order valence-corrected chi connectivity index (χ0v) is 20.0. The quantitative estimate of drug-likeness (QED) is 0.443.